The maximum atomic E-state index is 13.7. The molecular weight excluding hydrogens is 441 g/mol. The first kappa shape index (κ1) is 22.5. The zero-order valence-electron chi connectivity index (χ0n) is 16.3. The van der Waals surface area contributed by atoms with Crippen LogP contribution < -0.4 is 10.6 Å². The van der Waals surface area contributed by atoms with Crippen LogP contribution in [0.5, 0.6) is 0 Å². The van der Waals surface area contributed by atoms with Gasteiger partial charge in [-0.3, -0.25) is 9.59 Å². The zero-order valence-corrected chi connectivity index (χ0v) is 17.9. The molecule has 0 unspecified atom stereocenters. The Hall–Kier alpha value is -3.17. The van der Waals surface area contributed by atoms with Crippen molar-refractivity contribution in [1.29, 1.82) is 0 Å². The third kappa shape index (κ3) is 6.16. The number of halogens is 2. The Morgan fingerprint density at radius 2 is 2.00 bits per heavy atom. The van der Waals surface area contributed by atoms with Gasteiger partial charge in [-0.05, 0) is 30.3 Å². The summed E-state index contributed by atoms with van der Waals surface area (Å²) in [5, 5.41) is 14.4. The fraction of sp³-hybridized carbons (Fsp3) is 0.143. The van der Waals surface area contributed by atoms with E-state index in [-0.39, 0.29) is 29.8 Å². The van der Waals surface area contributed by atoms with Crippen molar-refractivity contribution >= 4 is 40.9 Å². The van der Waals surface area contributed by atoms with Crippen molar-refractivity contribution in [2.24, 2.45) is 0 Å². The molecule has 0 saturated carbocycles. The quantitative estimate of drug-likeness (QED) is 0.374. The van der Waals surface area contributed by atoms with Gasteiger partial charge < -0.3 is 15.2 Å². The number of nitrogens with one attached hydrogen (secondary N) is 2. The molecule has 2 N–H and O–H groups in total. The van der Waals surface area contributed by atoms with Crippen molar-refractivity contribution in [2.45, 2.75) is 18.2 Å². The van der Waals surface area contributed by atoms with Gasteiger partial charge in [0.2, 0.25) is 5.91 Å². The Balaban J connectivity index is 1.61. The largest absolute Gasteiger partial charge is 0.345 e. The van der Waals surface area contributed by atoms with Crippen LogP contribution in [0.4, 0.5) is 10.1 Å². The van der Waals surface area contributed by atoms with Gasteiger partial charge in [-0.15, -0.1) is 16.8 Å². The second kappa shape index (κ2) is 10.7. The molecule has 0 bridgehead atoms. The van der Waals surface area contributed by atoms with E-state index in [9.17, 15) is 14.0 Å². The first-order valence-corrected chi connectivity index (χ1v) is 10.6. The molecule has 0 atom stereocenters. The second-order valence-electron chi connectivity index (χ2n) is 6.31. The number of rotatable bonds is 9. The van der Waals surface area contributed by atoms with Crippen LogP contribution in [0.3, 0.4) is 0 Å². The van der Waals surface area contributed by atoms with E-state index in [1.165, 1.54) is 12.1 Å². The molecule has 0 spiro atoms. The highest BCUT2D eigenvalue weighted by molar-refractivity contribution is 7.99. The molecular formula is C21H19ClFN5O2S. The zero-order chi connectivity index (χ0) is 22.2. The van der Waals surface area contributed by atoms with Gasteiger partial charge >= 0.3 is 0 Å². The van der Waals surface area contributed by atoms with E-state index in [0.29, 0.717) is 28.1 Å². The maximum Gasteiger partial charge on any atom is 0.251 e. The summed E-state index contributed by atoms with van der Waals surface area (Å²) in [5.41, 5.74) is 0.548. The summed E-state index contributed by atoms with van der Waals surface area (Å²) in [7, 11) is 0. The molecule has 2 amide bonds. The van der Waals surface area contributed by atoms with Gasteiger partial charge in [0.1, 0.15) is 5.82 Å². The Morgan fingerprint density at radius 3 is 2.74 bits per heavy atom. The normalized spacial score (nSPS) is 10.5. The summed E-state index contributed by atoms with van der Waals surface area (Å²) < 4.78 is 15.4. The lowest BCUT2D eigenvalue weighted by Crippen LogP contribution is -2.24. The monoisotopic (exact) mass is 459 g/mol. The van der Waals surface area contributed by atoms with E-state index in [4.69, 9.17) is 11.6 Å². The van der Waals surface area contributed by atoms with Gasteiger partial charge in [0.05, 0.1) is 18.0 Å². The Labute approximate surface area is 187 Å². The summed E-state index contributed by atoms with van der Waals surface area (Å²) in [5.74, 6) is -0.660. The Kier molecular flexibility index (Phi) is 7.80. The molecule has 7 nitrogen and oxygen atoms in total. The van der Waals surface area contributed by atoms with Crippen molar-refractivity contribution < 1.29 is 14.0 Å². The summed E-state index contributed by atoms with van der Waals surface area (Å²) in [4.78, 5) is 24.5. The van der Waals surface area contributed by atoms with Crippen LogP contribution in [-0.2, 0) is 17.9 Å². The van der Waals surface area contributed by atoms with Gasteiger partial charge in [0.25, 0.3) is 5.91 Å². The van der Waals surface area contributed by atoms with Crippen LogP contribution >= 0.6 is 23.4 Å². The van der Waals surface area contributed by atoms with Gasteiger partial charge in [-0.2, -0.15) is 0 Å². The Morgan fingerprint density at radius 1 is 1.19 bits per heavy atom. The predicted octanol–water partition coefficient (Wildman–Crippen LogP) is 3.92. The number of carbonyl (C=O) groups is 2. The summed E-state index contributed by atoms with van der Waals surface area (Å²) >= 11 is 7.07. The third-order valence-electron chi connectivity index (χ3n) is 4.08. The molecule has 10 heteroatoms. The highest BCUT2D eigenvalue weighted by Gasteiger charge is 2.15. The number of para-hydroxylation sites is 1. The number of thioether (sulfide) groups is 1. The smallest absolute Gasteiger partial charge is 0.251 e. The minimum absolute atomic E-state index is 0.0124. The van der Waals surface area contributed by atoms with Crippen LogP contribution in [-0.4, -0.2) is 32.3 Å². The lowest BCUT2D eigenvalue weighted by molar-refractivity contribution is -0.113. The lowest BCUT2D eigenvalue weighted by Gasteiger charge is -2.09. The minimum atomic E-state index is -0.506. The molecule has 1 aromatic heterocycles. The van der Waals surface area contributed by atoms with Crippen molar-refractivity contribution in [1.82, 2.24) is 20.1 Å². The molecule has 0 saturated heterocycles. The molecule has 2 aromatic carbocycles. The standard InChI is InChI=1S/C21H19ClFN5O2S/c1-2-10-28-18(12-24-20(30)14-6-5-7-15(22)11-14)26-27-21(28)31-13-19(29)25-17-9-4-3-8-16(17)23/h2-9,11H,1,10,12-13H2,(H,24,30)(H,25,29). The number of aromatic nitrogens is 3. The van der Waals surface area contributed by atoms with E-state index in [1.807, 2.05) is 0 Å². The van der Waals surface area contributed by atoms with Crippen LogP contribution in [0.15, 0.2) is 66.3 Å². The maximum absolute atomic E-state index is 13.7. The van der Waals surface area contributed by atoms with Crippen molar-refractivity contribution in [3.8, 4) is 0 Å². The molecule has 3 rings (SSSR count). The van der Waals surface area contributed by atoms with Gasteiger partial charge in [0, 0.05) is 17.1 Å². The van der Waals surface area contributed by atoms with Crippen molar-refractivity contribution in [2.75, 3.05) is 11.1 Å². The molecule has 3 aromatic rings. The average molecular weight is 460 g/mol. The first-order valence-electron chi connectivity index (χ1n) is 9.22. The van der Waals surface area contributed by atoms with E-state index in [2.05, 4.69) is 27.4 Å². The number of amides is 2. The molecule has 0 radical (unpaired) electrons. The van der Waals surface area contributed by atoms with Crippen LogP contribution in [0.2, 0.25) is 5.02 Å². The second-order valence-corrected chi connectivity index (χ2v) is 7.69. The van der Waals surface area contributed by atoms with Gasteiger partial charge in [-0.25, -0.2) is 4.39 Å². The predicted molar refractivity (Wildman–Crippen MR) is 119 cm³/mol. The number of hydrogen-bond donors (Lipinski definition) is 2. The van der Waals surface area contributed by atoms with Crippen LogP contribution in [0.1, 0.15) is 16.2 Å². The molecule has 0 aliphatic heterocycles. The summed E-state index contributed by atoms with van der Waals surface area (Å²) in [6.07, 6.45) is 1.66. The number of carbonyl (C=O) groups excluding carboxylic acids is 2. The SMILES string of the molecule is C=CCn1c(CNC(=O)c2cccc(Cl)c2)nnc1SCC(=O)Nc1ccccc1F. The third-order valence-corrected chi connectivity index (χ3v) is 5.28. The molecule has 0 fully saturated rings. The van der Waals surface area contributed by atoms with Gasteiger partial charge in [0.15, 0.2) is 11.0 Å². The highest BCUT2D eigenvalue weighted by atomic mass is 35.5. The average Bonchev–Trinajstić information content (AvgIpc) is 3.14. The molecule has 1 heterocycles. The fourth-order valence-electron chi connectivity index (χ4n) is 2.64. The Bertz CT molecular complexity index is 1100. The van der Waals surface area contributed by atoms with E-state index in [1.54, 1.807) is 47.0 Å². The van der Waals surface area contributed by atoms with Crippen LogP contribution in [0.25, 0.3) is 0 Å². The van der Waals surface area contributed by atoms with E-state index < -0.39 is 5.82 Å². The summed E-state index contributed by atoms with van der Waals surface area (Å²) in [6, 6.07) is 12.5. The van der Waals surface area contributed by atoms with Crippen molar-refractivity contribution in [3.05, 3.63) is 83.4 Å². The molecule has 0 aliphatic rings. The topological polar surface area (TPSA) is 88.9 Å². The number of nitrogens with zero attached hydrogens (tertiary/aromatic N) is 3. The summed E-state index contributed by atoms with van der Waals surface area (Å²) in [6.45, 7) is 4.25. The number of allylic oxidation sites excluding steroid dienone is 1. The molecule has 0 aliphatic carbocycles. The van der Waals surface area contributed by atoms with Gasteiger partial charge in [-0.1, -0.05) is 47.6 Å². The molecule has 31 heavy (non-hydrogen) atoms. The van der Waals surface area contributed by atoms with E-state index >= 15 is 0 Å². The number of hydrogen-bond acceptors (Lipinski definition) is 5. The van der Waals surface area contributed by atoms with E-state index in [0.717, 1.165) is 11.8 Å². The van der Waals surface area contributed by atoms with Crippen LogP contribution in [0, 0.1) is 5.82 Å². The fourth-order valence-corrected chi connectivity index (χ4v) is 3.60. The lowest BCUT2D eigenvalue weighted by atomic mass is 10.2. The van der Waals surface area contributed by atoms with Crippen molar-refractivity contribution in [3.63, 3.8) is 0 Å². The first-order chi connectivity index (χ1) is 15.0. The highest BCUT2D eigenvalue weighted by Crippen LogP contribution is 2.19. The molecule has 160 valence electrons. The number of anilines is 1. The number of benzene rings is 2. The minimum Gasteiger partial charge on any atom is -0.345 e.